The summed E-state index contributed by atoms with van der Waals surface area (Å²) in [6, 6.07) is 1.25. The fourth-order valence-corrected chi connectivity index (χ4v) is 0.776. The molecule has 62 valence electrons. The Morgan fingerprint density at radius 1 is 1.91 bits per heavy atom. The fourth-order valence-electron chi connectivity index (χ4n) is 0.609. The number of alkyl halides is 1. The highest BCUT2D eigenvalue weighted by Crippen LogP contribution is 1.97. The van der Waals surface area contributed by atoms with Crippen LogP contribution in [-0.4, -0.2) is 29.4 Å². The molecule has 0 aromatic carbocycles. The SMILES string of the molecule is CCN(CC(Cl)C#N)C(N)=O. The van der Waals surface area contributed by atoms with Crippen LogP contribution in [0.3, 0.4) is 0 Å². The molecule has 1 unspecified atom stereocenters. The van der Waals surface area contributed by atoms with Gasteiger partial charge in [-0.3, -0.25) is 0 Å². The first kappa shape index (κ1) is 10.0. The number of halogens is 1. The van der Waals surface area contributed by atoms with Crippen LogP contribution >= 0.6 is 11.6 Å². The first-order chi connectivity index (χ1) is 5.11. The zero-order valence-corrected chi connectivity index (χ0v) is 7.01. The molecule has 2 amide bonds. The lowest BCUT2D eigenvalue weighted by Gasteiger charge is -2.17. The van der Waals surface area contributed by atoms with Crippen molar-refractivity contribution in [3.8, 4) is 6.07 Å². The molecule has 2 N–H and O–H groups in total. The number of hydrogen-bond donors (Lipinski definition) is 1. The summed E-state index contributed by atoms with van der Waals surface area (Å²) in [5.74, 6) is 0. The first-order valence-electron chi connectivity index (χ1n) is 3.19. The van der Waals surface area contributed by atoms with E-state index in [4.69, 9.17) is 22.6 Å². The van der Waals surface area contributed by atoms with E-state index in [-0.39, 0.29) is 6.54 Å². The predicted octanol–water partition coefficient (Wildman–Crippen LogP) is 0.518. The Hall–Kier alpha value is -0.950. The summed E-state index contributed by atoms with van der Waals surface area (Å²) in [5.41, 5.74) is 4.97. The van der Waals surface area contributed by atoms with Gasteiger partial charge in [0.2, 0.25) is 0 Å². The van der Waals surface area contributed by atoms with Crippen LogP contribution in [0.25, 0.3) is 0 Å². The van der Waals surface area contributed by atoms with E-state index in [9.17, 15) is 4.79 Å². The summed E-state index contributed by atoms with van der Waals surface area (Å²) in [5, 5.41) is 7.62. The highest BCUT2D eigenvalue weighted by Gasteiger charge is 2.11. The minimum absolute atomic E-state index is 0.184. The molecule has 0 bridgehead atoms. The maximum Gasteiger partial charge on any atom is 0.314 e. The fraction of sp³-hybridized carbons (Fsp3) is 0.667. The minimum atomic E-state index is -0.678. The number of nitrogens with zero attached hydrogens (tertiary/aromatic N) is 2. The quantitative estimate of drug-likeness (QED) is 0.636. The summed E-state index contributed by atoms with van der Waals surface area (Å²) in [6.07, 6.45) is 0. The molecular formula is C6H10ClN3O. The normalized spacial score (nSPS) is 11.7. The molecule has 0 aromatic rings. The van der Waals surface area contributed by atoms with Crippen molar-refractivity contribution in [3.63, 3.8) is 0 Å². The number of carbonyl (C=O) groups is 1. The zero-order valence-electron chi connectivity index (χ0n) is 6.25. The van der Waals surface area contributed by atoms with Gasteiger partial charge in [-0.05, 0) is 6.92 Å². The van der Waals surface area contributed by atoms with Gasteiger partial charge < -0.3 is 10.6 Å². The second-order valence-corrected chi connectivity index (χ2v) is 2.50. The molecule has 0 rings (SSSR count). The summed E-state index contributed by atoms with van der Waals surface area (Å²) < 4.78 is 0. The molecule has 0 saturated carbocycles. The van der Waals surface area contributed by atoms with Crippen LogP contribution in [0.2, 0.25) is 0 Å². The third-order valence-corrected chi connectivity index (χ3v) is 1.45. The molecule has 0 spiro atoms. The molecule has 0 aliphatic carbocycles. The van der Waals surface area contributed by atoms with Gasteiger partial charge in [0.1, 0.15) is 5.38 Å². The van der Waals surface area contributed by atoms with Gasteiger partial charge in [-0.15, -0.1) is 11.6 Å². The minimum Gasteiger partial charge on any atom is -0.351 e. The van der Waals surface area contributed by atoms with Crippen molar-refractivity contribution in [2.75, 3.05) is 13.1 Å². The average molecular weight is 176 g/mol. The monoisotopic (exact) mass is 175 g/mol. The lowest BCUT2D eigenvalue weighted by Crippen LogP contribution is -2.39. The molecule has 0 aliphatic heterocycles. The number of amides is 2. The lowest BCUT2D eigenvalue weighted by atomic mass is 10.4. The van der Waals surface area contributed by atoms with Crippen molar-refractivity contribution in [3.05, 3.63) is 0 Å². The summed E-state index contributed by atoms with van der Waals surface area (Å²) in [4.78, 5) is 11.9. The highest BCUT2D eigenvalue weighted by molar-refractivity contribution is 6.22. The summed E-state index contributed by atoms with van der Waals surface area (Å²) >= 11 is 5.47. The lowest BCUT2D eigenvalue weighted by molar-refractivity contribution is 0.212. The van der Waals surface area contributed by atoms with Crippen LogP contribution < -0.4 is 5.73 Å². The van der Waals surface area contributed by atoms with Crippen molar-refractivity contribution in [2.24, 2.45) is 5.73 Å². The van der Waals surface area contributed by atoms with Crippen LogP contribution in [0.4, 0.5) is 4.79 Å². The van der Waals surface area contributed by atoms with Crippen LogP contribution in [0, 0.1) is 11.3 Å². The van der Waals surface area contributed by atoms with Gasteiger partial charge in [-0.1, -0.05) is 0 Å². The maximum absolute atomic E-state index is 10.6. The third kappa shape index (κ3) is 3.68. The Morgan fingerprint density at radius 2 is 2.45 bits per heavy atom. The van der Waals surface area contributed by atoms with Gasteiger partial charge in [0.15, 0.2) is 0 Å². The Balaban J connectivity index is 3.90. The highest BCUT2D eigenvalue weighted by atomic mass is 35.5. The molecule has 11 heavy (non-hydrogen) atoms. The Bertz CT molecular complexity index is 177. The second-order valence-electron chi connectivity index (χ2n) is 1.97. The number of nitriles is 1. The molecule has 0 saturated heterocycles. The van der Waals surface area contributed by atoms with Gasteiger partial charge in [0.05, 0.1) is 12.6 Å². The molecule has 5 heteroatoms. The largest absolute Gasteiger partial charge is 0.351 e. The molecule has 0 radical (unpaired) electrons. The Kier molecular flexibility index (Phi) is 4.39. The Labute approximate surface area is 70.5 Å². The van der Waals surface area contributed by atoms with Gasteiger partial charge in [0.25, 0.3) is 0 Å². The number of nitrogens with two attached hydrogens (primary N) is 1. The van der Waals surface area contributed by atoms with Gasteiger partial charge in [0, 0.05) is 6.54 Å². The van der Waals surface area contributed by atoms with Gasteiger partial charge >= 0.3 is 6.03 Å². The summed E-state index contributed by atoms with van der Waals surface area (Å²) in [7, 11) is 0. The molecule has 0 heterocycles. The van der Waals surface area contributed by atoms with E-state index in [0.29, 0.717) is 6.54 Å². The summed E-state index contributed by atoms with van der Waals surface area (Å²) in [6.45, 7) is 2.43. The molecular weight excluding hydrogens is 166 g/mol. The van der Waals surface area contributed by atoms with E-state index in [1.807, 2.05) is 0 Å². The first-order valence-corrected chi connectivity index (χ1v) is 3.63. The zero-order chi connectivity index (χ0) is 8.85. The van der Waals surface area contributed by atoms with Crippen molar-refractivity contribution < 1.29 is 4.79 Å². The molecule has 4 nitrogen and oxygen atoms in total. The number of carbonyl (C=O) groups excluding carboxylic acids is 1. The van der Waals surface area contributed by atoms with Crippen LogP contribution in [0.5, 0.6) is 0 Å². The number of urea groups is 1. The van der Waals surface area contributed by atoms with E-state index >= 15 is 0 Å². The van der Waals surface area contributed by atoms with Crippen molar-refractivity contribution in [2.45, 2.75) is 12.3 Å². The standard InChI is InChI=1S/C6H10ClN3O/c1-2-10(6(9)11)4-5(7)3-8/h5H,2,4H2,1H3,(H2,9,11). The third-order valence-electron chi connectivity index (χ3n) is 1.21. The van der Waals surface area contributed by atoms with Crippen molar-refractivity contribution in [1.82, 2.24) is 4.90 Å². The van der Waals surface area contributed by atoms with Crippen LogP contribution in [-0.2, 0) is 0 Å². The van der Waals surface area contributed by atoms with Crippen molar-refractivity contribution in [1.29, 1.82) is 5.26 Å². The van der Waals surface area contributed by atoms with Gasteiger partial charge in [-0.2, -0.15) is 5.26 Å². The smallest absolute Gasteiger partial charge is 0.314 e. The second kappa shape index (κ2) is 4.80. The van der Waals surface area contributed by atoms with E-state index < -0.39 is 11.4 Å². The van der Waals surface area contributed by atoms with E-state index in [1.54, 1.807) is 13.0 Å². The molecule has 0 fully saturated rings. The number of primary amides is 1. The van der Waals surface area contributed by atoms with Crippen LogP contribution in [0.15, 0.2) is 0 Å². The molecule has 0 aromatic heterocycles. The molecule has 1 atom stereocenters. The van der Waals surface area contributed by atoms with E-state index in [2.05, 4.69) is 0 Å². The maximum atomic E-state index is 10.6. The average Bonchev–Trinajstić information content (AvgIpc) is 1.99. The van der Waals surface area contributed by atoms with Crippen molar-refractivity contribution >= 4 is 17.6 Å². The van der Waals surface area contributed by atoms with Gasteiger partial charge in [-0.25, -0.2) is 4.79 Å². The number of rotatable bonds is 3. The van der Waals surface area contributed by atoms with E-state index in [0.717, 1.165) is 0 Å². The van der Waals surface area contributed by atoms with E-state index in [1.165, 1.54) is 4.90 Å². The van der Waals surface area contributed by atoms with Crippen LogP contribution in [0.1, 0.15) is 6.92 Å². The topological polar surface area (TPSA) is 70.1 Å². The number of hydrogen-bond acceptors (Lipinski definition) is 2. The Morgan fingerprint density at radius 3 is 2.73 bits per heavy atom. The predicted molar refractivity (Wildman–Crippen MR) is 42.1 cm³/mol. The molecule has 0 aliphatic rings.